The molecule has 0 unspecified atom stereocenters. The average molecular weight is 436 g/mol. The highest BCUT2D eigenvalue weighted by Gasteiger charge is 2.28. The molecule has 0 aromatic carbocycles. The van der Waals surface area contributed by atoms with Crippen LogP contribution >= 0.6 is 0 Å². The number of pyridine rings is 2. The van der Waals surface area contributed by atoms with Crippen molar-refractivity contribution in [2.75, 3.05) is 19.7 Å². The van der Waals surface area contributed by atoms with Crippen molar-refractivity contribution in [1.82, 2.24) is 30.4 Å². The highest BCUT2D eigenvalue weighted by atomic mass is 19.4. The van der Waals surface area contributed by atoms with Gasteiger partial charge in [-0.3, -0.25) is 19.3 Å². The predicted octanol–water partition coefficient (Wildman–Crippen LogP) is 1.68. The Morgan fingerprint density at radius 3 is 2.68 bits per heavy atom. The number of carbonyl (C=O) groups excluding carboxylic acids is 2. The van der Waals surface area contributed by atoms with Gasteiger partial charge in [0.25, 0.3) is 5.91 Å². The van der Waals surface area contributed by atoms with Crippen LogP contribution in [0.5, 0.6) is 5.88 Å². The van der Waals surface area contributed by atoms with E-state index in [0.29, 0.717) is 16.6 Å². The van der Waals surface area contributed by atoms with Crippen molar-refractivity contribution in [3.63, 3.8) is 0 Å². The number of alkyl halides is 3. The molecule has 3 rings (SSSR count). The van der Waals surface area contributed by atoms with E-state index in [-0.39, 0.29) is 37.1 Å². The van der Waals surface area contributed by atoms with Crippen LogP contribution in [0.15, 0.2) is 36.7 Å². The molecule has 12 heteroatoms. The van der Waals surface area contributed by atoms with E-state index in [1.807, 2.05) is 0 Å². The SMILES string of the molecule is CC(=O)NCCNC(=O)c1nccc2nn(Cc3cccc(OCC(F)(F)F)n3)cc12. The molecule has 3 aromatic rings. The Morgan fingerprint density at radius 2 is 1.94 bits per heavy atom. The van der Waals surface area contributed by atoms with E-state index in [2.05, 4.69) is 30.4 Å². The van der Waals surface area contributed by atoms with Crippen LogP contribution in [0.2, 0.25) is 0 Å². The number of aromatic nitrogens is 4. The minimum absolute atomic E-state index is 0.146. The van der Waals surface area contributed by atoms with Gasteiger partial charge >= 0.3 is 6.18 Å². The molecule has 9 nitrogen and oxygen atoms in total. The Kier molecular flexibility index (Phi) is 6.68. The number of rotatable bonds is 8. The van der Waals surface area contributed by atoms with Crippen LogP contribution in [-0.2, 0) is 11.3 Å². The Bertz CT molecular complexity index is 1080. The average Bonchev–Trinajstić information content (AvgIpc) is 3.11. The summed E-state index contributed by atoms with van der Waals surface area (Å²) in [7, 11) is 0. The molecule has 31 heavy (non-hydrogen) atoms. The maximum absolute atomic E-state index is 12.4. The third-order valence-electron chi connectivity index (χ3n) is 3.97. The van der Waals surface area contributed by atoms with Gasteiger partial charge in [-0.1, -0.05) is 6.07 Å². The second-order valence-electron chi connectivity index (χ2n) is 6.53. The van der Waals surface area contributed by atoms with Gasteiger partial charge < -0.3 is 15.4 Å². The lowest BCUT2D eigenvalue weighted by Gasteiger charge is -2.09. The first-order chi connectivity index (χ1) is 14.7. The monoisotopic (exact) mass is 436 g/mol. The second-order valence-corrected chi connectivity index (χ2v) is 6.53. The number of hydrogen-bond donors (Lipinski definition) is 2. The summed E-state index contributed by atoms with van der Waals surface area (Å²) in [6, 6.07) is 6.13. The first kappa shape index (κ1) is 22.0. The summed E-state index contributed by atoms with van der Waals surface area (Å²) in [5.74, 6) is -0.763. The van der Waals surface area contributed by atoms with E-state index in [9.17, 15) is 22.8 Å². The van der Waals surface area contributed by atoms with Gasteiger partial charge in [0.05, 0.1) is 23.1 Å². The Labute approximate surface area is 174 Å². The Morgan fingerprint density at radius 1 is 1.16 bits per heavy atom. The largest absolute Gasteiger partial charge is 0.468 e. The summed E-state index contributed by atoms with van der Waals surface area (Å²) < 4.78 is 43.1. The van der Waals surface area contributed by atoms with E-state index in [1.165, 1.54) is 29.9 Å². The van der Waals surface area contributed by atoms with Crippen LogP contribution in [0.1, 0.15) is 23.1 Å². The van der Waals surface area contributed by atoms with E-state index in [1.54, 1.807) is 18.3 Å². The lowest BCUT2D eigenvalue weighted by atomic mass is 10.2. The topological polar surface area (TPSA) is 111 Å². The highest BCUT2D eigenvalue weighted by molar-refractivity contribution is 6.04. The number of fused-ring (bicyclic) bond motifs is 1. The lowest BCUT2D eigenvalue weighted by molar-refractivity contribution is -0.154. The van der Waals surface area contributed by atoms with Crippen LogP contribution in [-0.4, -0.2) is 57.4 Å². The van der Waals surface area contributed by atoms with Crippen molar-refractivity contribution in [3.8, 4) is 5.88 Å². The molecule has 3 aromatic heterocycles. The molecule has 0 bridgehead atoms. The van der Waals surface area contributed by atoms with E-state index in [0.717, 1.165) is 0 Å². The number of hydrogen-bond acceptors (Lipinski definition) is 6. The van der Waals surface area contributed by atoms with Gasteiger partial charge in [-0.15, -0.1) is 0 Å². The highest BCUT2D eigenvalue weighted by Crippen LogP contribution is 2.19. The van der Waals surface area contributed by atoms with Crippen LogP contribution in [0.4, 0.5) is 13.2 Å². The van der Waals surface area contributed by atoms with Gasteiger partial charge in [0, 0.05) is 38.5 Å². The molecule has 164 valence electrons. The molecule has 0 aliphatic heterocycles. The van der Waals surface area contributed by atoms with Gasteiger partial charge in [-0.25, -0.2) is 4.98 Å². The minimum Gasteiger partial charge on any atom is -0.468 e. The molecule has 2 amide bonds. The zero-order valence-corrected chi connectivity index (χ0v) is 16.4. The van der Waals surface area contributed by atoms with Crippen molar-refractivity contribution in [2.24, 2.45) is 0 Å². The summed E-state index contributed by atoms with van der Waals surface area (Å²) >= 11 is 0. The Hall–Kier alpha value is -3.70. The molecule has 0 saturated heterocycles. The first-order valence-corrected chi connectivity index (χ1v) is 9.21. The smallest absolute Gasteiger partial charge is 0.422 e. The number of nitrogens with zero attached hydrogens (tertiary/aromatic N) is 4. The van der Waals surface area contributed by atoms with Crippen molar-refractivity contribution in [2.45, 2.75) is 19.6 Å². The van der Waals surface area contributed by atoms with E-state index in [4.69, 9.17) is 0 Å². The molecule has 0 aliphatic carbocycles. The van der Waals surface area contributed by atoms with E-state index >= 15 is 0 Å². The first-order valence-electron chi connectivity index (χ1n) is 9.21. The maximum Gasteiger partial charge on any atom is 0.422 e. The molecule has 0 saturated carbocycles. The van der Waals surface area contributed by atoms with Crippen LogP contribution in [0.25, 0.3) is 10.9 Å². The third-order valence-corrected chi connectivity index (χ3v) is 3.97. The molecule has 3 heterocycles. The van der Waals surface area contributed by atoms with Gasteiger partial charge in [0.1, 0.15) is 5.69 Å². The molecule has 0 fully saturated rings. The van der Waals surface area contributed by atoms with Crippen molar-refractivity contribution in [3.05, 3.63) is 48.0 Å². The van der Waals surface area contributed by atoms with Crippen molar-refractivity contribution < 1.29 is 27.5 Å². The van der Waals surface area contributed by atoms with Crippen molar-refractivity contribution >= 4 is 22.7 Å². The zero-order valence-electron chi connectivity index (χ0n) is 16.4. The van der Waals surface area contributed by atoms with Gasteiger partial charge in [-0.2, -0.15) is 18.3 Å². The number of ether oxygens (including phenoxy) is 1. The number of amides is 2. The Balaban J connectivity index is 1.71. The summed E-state index contributed by atoms with van der Waals surface area (Å²) in [5, 5.41) is 10.1. The fourth-order valence-electron chi connectivity index (χ4n) is 2.70. The zero-order chi connectivity index (χ0) is 22.4. The van der Waals surface area contributed by atoms with Crippen LogP contribution in [0.3, 0.4) is 0 Å². The fraction of sp³-hybridized carbons (Fsp3) is 0.316. The number of nitrogens with one attached hydrogen (secondary N) is 2. The quantitative estimate of drug-likeness (QED) is 0.520. The molecule has 0 radical (unpaired) electrons. The summed E-state index contributed by atoms with van der Waals surface area (Å²) in [6.45, 7) is 0.627. The van der Waals surface area contributed by atoms with Crippen LogP contribution < -0.4 is 15.4 Å². The molecular weight excluding hydrogens is 417 g/mol. The number of carbonyl (C=O) groups is 2. The normalized spacial score (nSPS) is 11.4. The minimum atomic E-state index is -4.45. The fourth-order valence-corrected chi connectivity index (χ4v) is 2.70. The predicted molar refractivity (Wildman–Crippen MR) is 103 cm³/mol. The van der Waals surface area contributed by atoms with Gasteiger partial charge in [-0.05, 0) is 12.1 Å². The standard InChI is InChI=1S/C19H19F3N6O3/c1-12(29)23-7-8-25-18(30)17-14-10-28(27-15(14)5-6-24-17)9-13-3-2-4-16(26-13)31-11-19(20,21)22/h2-6,10H,7-9,11H2,1H3,(H,23,29)(H,25,30). The number of halogens is 3. The molecule has 2 N–H and O–H groups in total. The third kappa shape index (κ3) is 6.39. The summed E-state index contributed by atoms with van der Waals surface area (Å²) in [5.41, 5.74) is 1.12. The lowest BCUT2D eigenvalue weighted by Crippen LogP contribution is -2.34. The maximum atomic E-state index is 12.4. The van der Waals surface area contributed by atoms with E-state index < -0.39 is 18.7 Å². The molecule has 0 spiro atoms. The second kappa shape index (κ2) is 9.41. The summed E-state index contributed by atoms with van der Waals surface area (Å²) in [6.07, 6.45) is -1.40. The molecule has 0 aliphatic rings. The van der Waals surface area contributed by atoms with Crippen molar-refractivity contribution in [1.29, 1.82) is 0 Å². The van der Waals surface area contributed by atoms with Gasteiger partial charge in [0.15, 0.2) is 6.61 Å². The van der Waals surface area contributed by atoms with Crippen LogP contribution in [0, 0.1) is 0 Å². The van der Waals surface area contributed by atoms with Gasteiger partial charge in [0.2, 0.25) is 11.8 Å². The molecular formula is C19H19F3N6O3. The summed E-state index contributed by atoms with van der Waals surface area (Å²) in [4.78, 5) is 31.5. The molecule has 0 atom stereocenters.